The Hall–Kier alpha value is -1.64. The number of fused-ring (bicyclic) bond motifs is 1. The minimum absolute atomic E-state index is 0.126. The van der Waals surface area contributed by atoms with E-state index >= 15 is 0 Å². The summed E-state index contributed by atoms with van der Waals surface area (Å²) in [5, 5.41) is 0. The summed E-state index contributed by atoms with van der Waals surface area (Å²) < 4.78 is 8.30. The van der Waals surface area contributed by atoms with Crippen LogP contribution in [0.1, 0.15) is 19.8 Å². The van der Waals surface area contributed by atoms with E-state index < -0.39 is 0 Å². The van der Waals surface area contributed by atoms with Gasteiger partial charge in [-0.05, 0) is 30.9 Å². The second-order valence-electron chi connectivity index (χ2n) is 7.08. The van der Waals surface area contributed by atoms with Gasteiger partial charge in [0.25, 0.3) is 5.91 Å². The maximum Gasteiger partial charge on any atom is 0.258 e. The van der Waals surface area contributed by atoms with E-state index in [4.69, 9.17) is 4.74 Å². The summed E-state index contributed by atoms with van der Waals surface area (Å²) in [5.41, 5.74) is 1.05. The van der Waals surface area contributed by atoms with Crippen LogP contribution in [0.25, 0.3) is 10.2 Å². The van der Waals surface area contributed by atoms with Crippen molar-refractivity contribution in [2.45, 2.75) is 26.3 Å². The smallest absolute Gasteiger partial charge is 0.258 e. The van der Waals surface area contributed by atoms with Gasteiger partial charge in [0.1, 0.15) is 0 Å². The van der Waals surface area contributed by atoms with Crippen LogP contribution in [0.2, 0.25) is 0 Å². The van der Waals surface area contributed by atoms with Gasteiger partial charge in [-0.2, -0.15) is 4.99 Å². The lowest BCUT2D eigenvalue weighted by Gasteiger charge is -2.30. The summed E-state index contributed by atoms with van der Waals surface area (Å²) >= 11 is 2.85. The van der Waals surface area contributed by atoms with Crippen molar-refractivity contribution in [1.29, 1.82) is 0 Å². The molecule has 1 aliphatic rings. The number of hydrogen-bond acceptors (Lipinski definition) is 5. The average Bonchev–Trinajstić information content (AvgIpc) is 3.03. The van der Waals surface area contributed by atoms with Gasteiger partial charge in [0, 0.05) is 26.7 Å². The van der Waals surface area contributed by atoms with Crippen LogP contribution in [0.15, 0.2) is 29.3 Å². The van der Waals surface area contributed by atoms with Crippen molar-refractivity contribution in [3.8, 4) is 0 Å². The van der Waals surface area contributed by atoms with Gasteiger partial charge < -0.3 is 14.2 Å². The fourth-order valence-electron chi connectivity index (χ4n) is 3.38. The van der Waals surface area contributed by atoms with E-state index in [1.165, 1.54) is 29.5 Å². The minimum atomic E-state index is -0.206. The summed E-state index contributed by atoms with van der Waals surface area (Å²) in [7, 11) is 1.66. The first-order chi connectivity index (χ1) is 13.6. The predicted molar refractivity (Wildman–Crippen MR) is 115 cm³/mol. The first-order valence-corrected chi connectivity index (χ1v) is 11.6. The second kappa shape index (κ2) is 10.2. The number of nitrogens with zero attached hydrogens (tertiary/aromatic N) is 3. The van der Waals surface area contributed by atoms with Crippen LogP contribution in [-0.2, 0) is 20.9 Å². The number of ether oxygens (including phenoxy) is 1. The molecule has 1 aliphatic heterocycles. The molecule has 1 fully saturated rings. The number of carbonyl (C=O) groups is 2. The van der Waals surface area contributed by atoms with Crippen molar-refractivity contribution in [2.24, 2.45) is 10.9 Å². The Balaban J connectivity index is 1.62. The highest BCUT2D eigenvalue weighted by molar-refractivity contribution is 8.00. The Kier molecular flexibility index (Phi) is 7.70. The maximum absolute atomic E-state index is 12.4. The molecule has 1 atom stereocenters. The van der Waals surface area contributed by atoms with Crippen molar-refractivity contribution in [3.63, 3.8) is 0 Å². The highest BCUT2D eigenvalue weighted by Gasteiger charge is 2.20. The van der Waals surface area contributed by atoms with Gasteiger partial charge in [0.05, 0.1) is 28.3 Å². The predicted octanol–water partition coefficient (Wildman–Crippen LogP) is 2.77. The number of amides is 2. The zero-order valence-electron chi connectivity index (χ0n) is 16.4. The third kappa shape index (κ3) is 5.46. The molecule has 8 heteroatoms. The van der Waals surface area contributed by atoms with E-state index in [1.807, 2.05) is 33.7 Å². The van der Waals surface area contributed by atoms with E-state index in [1.54, 1.807) is 7.11 Å². The molecule has 0 bridgehead atoms. The minimum Gasteiger partial charge on any atom is -0.383 e. The quantitative estimate of drug-likeness (QED) is 0.690. The normalized spacial score (nSPS) is 18.0. The van der Waals surface area contributed by atoms with Crippen molar-refractivity contribution < 1.29 is 14.3 Å². The molecule has 2 heterocycles. The average molecular weight is 422 g/mol. The SMILES string of the molecule is COCCn1c(=NC(=O)CSCC(=O)N2CCC[C@@H](C)C2)sc2ccccc21. The van der Waals surface area contributed by atoms with Crippen LogP contribution in [0, 0.1) is 5.92 Å². The molecule has 0 radical (unpaired) electrons. The lowest BCUT2D eigenvalue weighted by molar-refractivity contribution is -0.130. The van der Waals surface area contributed by atoms with Gasteiger partial charge in [-0.25, -0.2) is 0 Å². The van der Waals surface area contributed by atoms with Crippen molar-refractivity contribution in [2.75, 3.05) is 38.3 Å². The monoisotopic (exact) mass is 421 g/mol. The zero-order chi connectivity index (χ0) is 19.9. The molecule has 0 unspecified atom stereocenters. The number of thiazole rings is 1. The Bertz CT molecular complexity index is 890. The van der Waals surface area contributed by atoms with Crippen LogP contribution >= 0.6 is 23.1 Å². The highest BCUT2D eigenvalue weighted by Crippen LogP contribution is 2.18. The Morgan fingerprint density at radius 2 is 2.14 bits per heavy atom. The van der Waals surface area contributed by atoms with E-state index in [9.17, 15) is 9.59 Å². The molecule has 2 aromatic rings. The van der Waals surface area contributed by atoms with E-state index in [0.717, 1.165) is 29.7 Å². The summed E-state index contributed by atoms with van der Waals surface area (Å²) in [4.78, 5) is 31.6. The van der Waals surface area contributed by atoms with E-state index in [2.05, 4.69) is 11.9 Å². The lowest BCUT2D eigenvalue weighted by atomic mass is 10.0. The first-order valence-electron chi connectivity index (χ1n) is 9.59. The van der Waals surface area contributed by atoms with E-state index in [-0.39, 0.29) is 17.6 Å². The molecule has 2 amide bonds. The molecule has 0 aliphatic carbocycles. The number of benzene rings is 1. The Labute approximate surface area is 173 Å². The molecule has 0 spiro atoms. The fourth-order valence-corrected chi connectivity index (χ4v) is 5.15. The number of rotatable bonds is 7. The van der Waals surface area contributed by atoms with Crippen LogP contribution in [0.5, 0.6) is 0 Å². The number of piperidine rings is 1. The third-order valence-electron chi connectivity index (χ3n) is 4.79. The summed E-state index contributed by atoms with van der Waals surface area (Å²) in [6.07, 6.45) is 2.26. The molecule has 3 rings (SSSR count). The van der Waals surface area contributed by atoms with Gasteiger partial charge in [-0.15, -0.1) is 11.8 Å². The van der Waals surface area contributed by atoms with Crippen LogP contribution in [-0.4, -0.2) is 59.6 Å². The summed E-state index contributed by atoms with van der Waals surface area (Å²) in [6, 6.07) is 8.01. The molecule has 0 saturated carbocycles. The number of carbonyl (C=O) groups excluding carboxylic acids is 2. The van der Waals surface area contributed by atoms with Gasteiger partial charge in [-0.3, -0.25) is 9.59 Å². The van der Waals surface area contributed by atoms with Crippen LogP contribution in [0.4, 0.5) is 0 Å². The molecule has 152 valence electrons. The largest absolute Gasteiger partial charge is 0.383 e. The standard InChI is InChI=1S/C20H27N3O3S2/c1-15-6-5-9-22(12-15)19(25)14-27-13-18(24)21-20-23(10-11-26-2)16-7-3-4-8-17(16)28-20/h3-4,7-8,15H,5-6,9-14H2,1-2H3/t15-/m1/s1. The number of likely N-dealkylation sites (tertiary alicyclic amines) is 1. The van der Waals surface area contributed by atoms with Crippen molar-refractivity contribution >= 4 is 45.1 Å². The lowest BCUT2D eigenvalue weighted by Crippen LogP contribution is -2.40. The van der Waals surface area contributed by atoms with Crippen LogP contribution in [0.3, 0.4) is 0 Å². The highest BCUT2D eigenvalue weighted by atomic mass is 32.2. The molecule has 1 aromatic carbocycles. The summed E-state index contributed by atoms with van der Waals surface area (Å²) in [6.45, 7) is 5.05. The fraction of sp³-hybridized carbons (Fsp3) is 0.550. The number of para-hydroxylation sites is 1. The topological polar surface area (TPSA) is 63.9 Å². The molecular weight excluding hydrogens is 394 g/mol. The number of aromatic nitrogens is 1. The van der Waals surface area contributed by atoms with Crippen LogP contribution < -0.4 is 4.80 Å². The molecule has 1 saturated heterocycles. The molecule has 28 heavy (non-hydrogen) atoms. The second-order valence-corrected chi connectivity index (χ2v) is 9.08. The number of hydrogen-bond donors (Lipinski definition) is 0. The molecule has 6 nitrogen and oxygen atoms in total. The van der Waals surface area contributed by atoms with Gasteiger partial charge >= 0.3 is 0 Å². The summed E-state index contributed by atoms with van der Waals surface area (Å²) in [5.74, 6) is 1.04. The third-order valence-corrected chi connectivity index (χ3v) is 6.75. The van der Waals surface area contributed by atoms with Gasteiger partial charge in [-0.1, -0.05) is 30.4 Å². The van der Waals surface area contributed by atoms with Gasteiger partial charge in [0.2, 0.25) is 5.91 Å². The zero-order valence-corrected chi connectivity index (χ0v) is 18.1. The number of thioether (sulfide) groups is 1. The maximum atomic E-state index is 12.4. The van der Waals surface area contributed by atoms with Crippen molar-refractivity contribution in [1.82, 2.24) is 9.47 Å². The Morgan fingerprint density at radius 3 is 2.93 bits per heavy atom. The van der Waals surface area contributed by atoms with Gasteiger partial charge in [0.15, 0.2) is 4.80 Å². The Morgan fingerprint density at radius 1 is 1.32 bits per heavy atom. The number of methoxy groups -OCH3 is 1. The van der Waals surface area contributed by atoms with Crippen molar-refractivity contribution in [3.05, 3.63) is 29.1 Å². The van der Waals surface area contributed by atoms with E-state index in [0.29, 0.717) is 29.6 Å². The molecule has 1 aromatic heterocycles. The first kappa shape index (κ1) is 21.1. The molecular formula is C20H27N3O3S2. The molecule has 0 N–H and O–H groups in total.